The van der Waals surface area contributed by atoms with Crippen molar-refractivity contribution in [1.82, 2.24) is 20.4 Å². The maximum atomic E-state index is 5.63. The topological polar surface area (TPSA) is 82.3 Å². The van der Waals surface area contributed by atoms with Crippen molar-refractivity contribution >= 4 is 5.96 Å². The number of aromatic nitrogens is 2. The van der Waals surface area contributed by atoms with Gasteiger partial charge in [0.15, 0.2) is 5.96 Å². The predicted octanol–water partition coefficient (Wildman–Crippen LogP) is -0.624. The number of aromatic amines is 1. The minimum Gasteiger partial charge on any atom is -0.370 e. The summed E-state index contributed by atoms with van der Waals surface area (Å²) in [6.07, 6.45) is 1.74. The summed E-state index contributed by atoms with van der Waals surface area (Å²) in [5.41, 5.74) is 6.69. The SMILES string of the molecule is CN(C)C(N)=NCCNCc1ccn[nH]1. The van der Waals surface area contributed by atoms with Gasteiger partial charge in [0, 0.05) is 39.1 Å². The molecule has 15 heavy (non-hydrogen) atoms. The van der Waals surface area contributed by atoms with Gasteiger partial charge in [-0.15, -0.1) is 0 Å². The summed E-state index contributed by atoms with van der Waals surface area (Å²) in [4.78, 5) is 5.96. The summed E-state index contributed by atoms with van der Waals surface area (Å²) in [6.45, 7) is 2.25. The maximum Gasteiger partial charge on any atom is 0.190 e. The van der Waals surface area contributed by atoms with Crippen LogP contribution in [0.5, 0.6) is 0 Å². The normalized spacial score (nSPS) is 11.7. The summed E-state index contributed by atoms with van der Waals surface area (Å²) in [7, 11) is 3.74. The van der Waals surface area contributed by atoms with Gasteiger partial charge in [0.05, 0.1) is 6.54 Å². The van der Waals surface area contributed by atoms with Gasteiger partial charge >= 0.3 is 0 Å². The second-order valence-electron chi connectivity index (χ2n) is 3.39. The highest BCUT2D eigenvalue weighted by Gasteiger charge is 1.94. The Hall–Kier alpha value is -1.56. The minimum absolute atomic E-state index is 0.554. The Balaban J connectivity index is 2.10. The second kappa shape index (κ2) is 6.02. The van der Waals surface area contributed by atoms with E-state index in [1.807, 2.05) is 20.2 Å². The third-order valence-corrected chi connectivity index (χ3v) is 1.89. The van der Waals surface area contributed by atoms with Gasteiger partial charge < -0.3 is 16.0 Å². The monoisotopic (exact) mass is 210 g/mol. The first kappa shape index (κ1) is 11.5. The van der Waals surface area contributed by atoms with Gasteiger partial charge in [0.2, 0.25) is 0 Å². The average Bonchev–Trinajstić information content (AvgIpc) is 2.69. The third kappa shape index (κ3) is 4.46. The smallest absolute Gasteiger partial charge is 0.190 e. The van der Waals surface area contributed by atoms with Crippen LogP contribution in [0.2, 0.25) is 0 Å². The Morgan fingerprint density at radius 2 is 2.47 bits per heavy atom. The molecular weight excluding hydrogens is 192 g/mol. The standard InChI is InChI=1S/C9H18N6/c1-15(2)9(10)12-6-5-11-7-8-3-4-13-14-8/h3-4,11H,5-7H2,1-2H3,(H2,10,12)(H,13,14). The van der Waals surface area contributed by atoms with Crippen molar-refractivity contribution in [1.29, 1.82) is 0 Å². The summed E-state index contributed by atoms with van der Waals surface area (Å²) in [6, 6.07) is 1.93. The number of guanidine groups is 1. The Morgan fingerprint density at radius 3 is 3.07 bits per heavy atom. The molecular formula is C9H18N6. The average molecular weight is 210 g/mol. The first-order valence-electron chi connectivity index (χ1n) is 4.86. The summed E-state index contributed by atoms with van der Waals surface area (Å²) < 4.78 is 0. The van der Waals surface area contributed by atoms with Crippen LogP contribution in [0.25, 0.3) is 0 Å². The number of hydrogen-bond donors (Lipinski definition) is 3. The Labute approximate surface area is 89.6 Å². The number of rotatable bonds is 5. The molecule has 1 rings (SSSR count). The van der Waals surface area contributed by atoms with E-state index < -0.39 is 0 Å². The summed E-state index contributed by atoms with van der Waals surface area (Å²) in [5, 5.41) is 9.96. The lowest BCUT2D eigenvalue weighted by Crippen LogP contribution is -2.31. The summed E-state index contributed by atoms with van der Waals surface area (Å²) in [5.74, 6) is 0.554. The molecule has 1 aromatic heterocycles. The van der Waals surface area contributed by atoms with Crippen LogP contribution in [0, 0.1) is 0 Å². The van der Waals surface area contributed by atoms with Crippen molar-refractivity contribution in [2.75, 3.05) is 27.2 Å². The van der Waals surface area contributed by atoms with E-state index in [-0.39, 0.29) is 0 Å². The highest BCUT2D eigenvalue weighted by atomic mass is 15.2. The highest BCUT2D eigenvalue weighted by molar-refractivity contribution is 5.77. The van der Waals surface area contributed by atoms with E-state index in [9.17, 15) is 0 Å². The number of nitrogens with two attached hydrogens (primary N) is 1. The molecule has 0 saturated carbocycles. The molecule has 0 aliphatic carbocycles. The lowest BCUT2D eigenvalue weighted by Gasteiger charge is -2.10. The lowest BCUT2D eigenvalue weighted by molar-refractivity contribution is 0.604. The van der Waals surface area contributed by atoms with E-state index in [4.69, 9.17) is 5.73 Å². The second-order valence-corrected chi connectivity index (χ2v) is 3.39. The van der Waals surface area contributed by atoms with Crippen molar-refractivity contribution in [2.45, 2.75) is 6.54 Å². The number of nitrogens with zero attached hydrogens (tertiary/aromatic N) is 3. The van der Waals surface area contributed by atoms with Crippen LogP contribution in [0.15, 0.2) is 17.3 Å². The van der Waals surface area contributed by atoms with E-state index in [0.29, 0.717) is 12.5 Å². The first-order valence-corrected chi connectivity index (χ1v) is 4.86. The molecule has 1 heterocycles. The van der Waals surface area contributed by atoms with Gasteiger partial charge in [-0.1, -0.05) is 0 Å². The zero-order valence-electron chi connectivity index (χ0n) is 9.20. The molecule has 0 aromatic carbocycles. The largest absolute Gasteiger partial charge is 0.370 e. The van der Waals surface area contributed by atoms with E-state index in [1.54, 1.807) is 11.1 Å². The number of H-pyrrole nitrogens is 1. The number of aliphatic imine (C=N–C) groups is 1. The van der Waals surface area contributed by atoms with Crippen molar-refractivity contribution in [3.05, 3.63) is 18.0 Å². The van der Waals surface area contributed by atoms with E-state index in [2.05, 4.69) is 20.5 Å². The maximum absolute atomic E-state index is 5.63. The van der Waals surface area contributed by atoms with Gasteiger partial charge in [0.1, 0.15) is 0 Å². The number of nitrogens with one attached hydrogen (secondary N) is 2. The molecule has 0 bridgehead atoms. The molecule has 4 N–H and O–H groups in total. The van der Waals surface area contributed by atoms with Gasteiger partial charge in [-0.3, -0.25) is 10.1 Å². The molecule has 84 valence electrons. The van der Waals surface area contributed by atoms with Crippen LogP contribution in [-0.4, -0.2) is 48.2 Å². The fourth-order valence-electron chi connectivity index (χ4n) is 0.997. The highest BCUT2D eigenvalue weighted by Crippen LogP contribution is 1.88. The number of hydrogen-bond acceptors (Lipinski definition) is 3. The molecule has 0 unspecified atom stereocenters. The summed E-state index contributed by atoms with van der Waals surface area (Å²) >= 11 is 0. The van der Waals surface area contributed by atoms with Crippen LogP contribution >= 0.6 is 0 Å². The van der Waals surface area contributed by atoms with Gasteiger partial charge in [0.25, 0.3) is 0 Å². The van der Waals surface area contributed by atoms with Crippen LogP contribution < -0.4 is 11.1 Å². The van der Waals surface area contributed by atoms with E-state index in [1.165, 1.54) is 0 Å². The zero-order valence-corrected chi connectivity index (χ0v) is 9.20. The minimum atomic E-state index is 0.554. The molecule has 0 fully saturated rings. The van der Waals surface area contributed by atoms with Crippen molar-refractivity contribution < 1.29 is 0 Å². The first-order chi connectivity index (χ1) is 7.20. The Morgan fingerprint density at radius 1 is 1.67 bits per heavy atom. The van der Waals surface area contributed by atoms with Gasteiger partial charge in [-0.2, -0.15) is 5.10 Å². The molecule has 0 radical (unpaired) electrons. The molecule has 0 amide bonds. The fourth-order valence-corrected chi connectivity index (χ4v) is 0.997. The molecule has 1 aromatic rings. The molecule has 0 aliphatic heterocycles. The Kier molecular flexibility index (Phi) is 4.62. The van der Waals surface area contributed by atoms with Crippen LogP contribution in [0.4, 0.5) is 0 Å². The lowest BCUT2D eigenvalue weighted by atomic mass is 10.4. The predicted molar refractivity (Wildman–Crippen MR) is 60.5 cm³/mol. The fraction of sp³-hybridized carbons (Fsp3) is 0.556. The van der Waals surface area contributed by atoms with Crippen molar-refractivity contribution in [2.24, 2.45) is 10.7 Å². The van der Waals surface area contributed by atoms with E-state index in [0.717, 1.165) is 18.8 Å². The van der Waals surface area contributed by atoms with Crippen molar-refractivity contribution in [3.8, 4) is 0 Å². The Bertz CT molecular complexity index is 290. The molecule has 0 spiro atoms. The quantitative estimate of drug-likeness (QED) is 0.343. The molecule has 0 atom stereocenters. The molecule has 0 saturated heterocycles. The van der Waals surface area contributed by atoms with Crippen LogP contribution in [0.3, 0.4) is 0 Å². The molecule has 6 nitrogen and oxygen atoms in total. The molecule has 0 aliphatic rings. The third-order valence-electron chi connectivity index (χ3n) is 1.89. The molecule has 6 heteroatoms. The van der Waals surface area contributed by atoms with Gasteiger partial charge in [-0.05, 0) is 6.07 Å². The van der Waals surface area contributed by atoms with Crippen molar-refractivity contribution in [3.63, 3.8) is 0 Å². The van der Waals surface area contributed by atoms with Crippen LogP contribution in [-0.2, 0) is 6.54 Å². The van der Waals surface area contributed by atoms with E-state index >= 15 is 0 Å². The van der Waals surface area contributed by atoms with Gasteiger partial charge in [-0.25, -0.2) is 0 Å². The zero-order chi connectivity index (χ0) is 11.1. The van der Waals surface area contributed by atoms with Crippen LogP contribution in [0.1, 0.15) is 5.69 Å².